The maximum Gasteiger partial charge on any atom is 0.207 e. The van der Waals surface area contributed by atoms with Crippen LogP contribution in [0.4, 0.5) is 22.0 Å². The fraction of sp³-hybridized carbons (Fsp3) is 0.222. The number of rotatable bonds is 2. The summed E-state index contributed by atoms with van der Waals surface area (Å²) in [5, 5.41) is -0.275. The number of benzene rings is 1. The smallest absolute Gasteiger partial charge is 0.207 e. The Morgan fingerprint density at radius 1 is 0.938 bits per heavy atom. The normalized spacial score (nSPS) is 10.4. The number of hydrogen-bond donors (Lipinski definition) is 0. The van der Waals surface area contributed by atoms with Crippen molar-refractivity contribution in [3.05, 3.63) is 29.1 Å². The highest BCUT2D eigenvalue weighted by Gasteiger charge is 2.27. The average Bonchev–Trinajstić information content (AvgIpc) is 2.29. The van der Waals surface area contributed by atoms with Gasteiger partial charge in [-0.25, -0.2) is 13.2 Å². The lowest BCUT2D eigenvalue weighted by Crippen LogP contribution is -2.10. The molecule has 0 aromatic heterocycles. The quantitative estimate of drug-likeness (QED) is 0.346. The lowest BCUT2D eigenvalue weighted by molar-refractivity contribution is 0.345. The van der Waals surface area contributed by atoms with E-state index in [0.29, 0.717) is 0 Å². The third-order valence-corrected chi connectivity index (χ3v) is 2.05. The van der Waals surface area contributed by atoms with Crippen molar-refractivity contribution in [1.29, 1.82) is 0 Å². The van der Waals surface area contributed by atoms with Gasteiger partial charge in [0.1, 0.15) is 0 Å². The van der Waals surface area contributed by atoms with Crippen molar-refractivity contribution in [1.82, 2.24) is 0 Å². The molecule has 0 heterocycles. The van der Waals surface area contributed by atoms with Crippen molar-refractivity contribution in [2.24, 2.45) is 0 Å². The molecule has 0 N–H and O–H groups in total. The molecule has 7 heteroatoms. The van der Waals surface area contributed by atoms with Crippen molar-refractivity contribution in [2.45, 2.75) is 13.3 Å². The fourth-order valence-electron chi connectivity index (χ4n) is 0.860. The predicted molar refractivity (Wildman–Crippen MR) is 49.7 cm³/mol. The van der Waals surface area contributed by atoms with Crippen LogP contribution in [0.25, 0.3) is 0 Å². The minimum Gasteiger partial charge on any atom is -0.444 e. The van der Waals surface area contributed by atoms with Crippen molar-refractivity contribution in [3.8, 4) is 5.75 Å². The molecule has 1 aromatic rings. The summed E-state index contributed by atoms with van der Waals surface area (Å²) in [6.07, 6.45) is 0.106. The summed E-state index contributed by atoms with van der Waals surface area (Å²) in [7, 11) is 0. The topological polar surface area (TPSA) is 9.23 Å². The molecule has 0 radical (unpaired) electrons. The number of hydrogen-bond acceptors (Lipinski definition) is 2. The Kier molecular flexibility index (Phi) is 3.79. The monoisotopic (exact) mass is 256 g/mol. The molecule has 0 fully saturated rings. The zero-order chi connectivity index (χ0) is 12.5. The molecule has 0 saturated carbocycles. The second-order valence-electron chi connectivity index (χ2n) is 2.73. The summed E-state index contributed by atoms with van der Waals surface area (Å²) in [5.41, 5.74) is 0. The molecule has 0 bridgehead atoms. The molecular formula is C9H5F5OS. The van der Waals surface area contributed by atoms with E-state index in [1.807, 2.05) is 0 Å². The molecule has 0 aliphatic rings. The molecule has 1 aromatic carbocycles. The minimum atomic E-state index is -2.23. The zero-order valence-electron chi connectivity index (χ0n) is 7.91. The standard InChI is InChI=1S/C9H5F5OS/c1-2-3(16)15-9-7(13)5(11)4(10)6(12)8(9)14/h2H2,1H3. The van der Waals surface area contributed by atoms with E-state index >= 15 is 0 Å². The Hall–Kier alpha value is -1.24. The van der Waals surface area contributed by atoms with Gasteiger partial charge in [-0.3, -0.25) is 0 Å². The molecule has 0 unspecified atom stereocenters. The highest BCUT2D eigenvalue weighted by Crippen LogP contribution is 2.29. The van der Waals surface area contributed by atoms with Gasteiger partial charge in [-0.2, -0.15) is 8.78 Å². The van der Waals surface area contributed by atoms with Gasteiger partial charge >= 0.3 is 0 Å². The van der Waals surface area contributed by atoms with Crippen LogP contribution < -0.4 is 4.74 Å². The van der Waals surface area contributed by atoms with Gasteiger partial charge in [0.05, 0.1) is 0 Å². The Morgan fingerprint density at radius 2 is 1.31 bits per heavy atom. The van der Waals surface area contributed by atoms with Gasteiger partial charge in [-0.05, 0) is 12.2 Å². The lowest BCUT2D eigenvalue weighted by atomic mass is 10.2. The summed E-state index contributed by atoms with van der Waals surface area (Å²) in [6.45, 7) is 1.51. The highest BCUT2D eigenvalue weighted by atomic mass is 32.1. The van der Waals surface area contributed by atoms with E-state index in [9.17, 15) is 22.0 Å². The SMILES string of the molecule is CCC(=S)Oc1c(F)c(F)c(F)c(F)c1F. The Labute approximate surface area is 92.8 Å². The van der Waals surface area contributed by atoms with Crippen LogP contribution in [0.15, 0.2) is 0 Å². The maximum atomic E-state index is 13.0. The van der Waals surface area contributed by atoms with E-state index in [4.69, 9.17) is 0 Å². The zero-order valence-corrected chi connectivity index (χ0v) is 8.73. The highest BCUT2D eigenvalue weighted by molar-refractivity contribution is 7.80. The summed E-state index contributed by atoms with van der Waals surface area (Å²) in [5.74, 6) is -11.8. The van der Waals surface area contributed by atoms with Crippen LogP contribution in [-0.2, 0) is 0 Å². The summed E-state index contributed by atoms with van der Waals surface area (Å²) in [4.78, 5) is 0. The van der Waals surface area contributed by atoms with Gasteiger partial charge in [0.2, 0.25) is 34.8 Å². The van der Waals surface area contributed by atoms with Crippen LogP contribution in [0.1, 0.15) is 13.3 Å². The molecule has 0 spiro atoms. The molecule has 1 nitrogen and oxygen atoms in total. The fourth-order valence-corrected chi connectivity index (χ4v) is 0.944. The van der Waals surface area contributed by atoms with Gasteiger partial charge in [-0.15, -0.1) is 0 Å². The van der Waals surface area contributed by atoms with Crippen LogP contribution in [0.5, 0.6) is 5.75 Å². The third kappa shape index (κ3) is 2.13. The molecule has 0 saturated heterocycles. The molecular weight excluding hydrogens is 251 g/mol. The van der Waals surface area contributed by atoms with Crippen molar-refractivity contribution in [3.63, 3.8) is 0 Å². The van der Waals surface area contributed by atoms with E-state index in [-0.39, 0.29) is 11.5 Å². The molecule has 1 rings (SSSR count). The number of ether oxygens (including phenoxy) is 1. The van der Waals surface area contributed by atoms with Crippen LogP contribution in [-0.4, -0.2) is 5.05 Å². The largest absolute Gasteiger partial charge is 0.444 e. The first kappa shape index (κ1) is 12.8. The Bertz CT molecular complexity index is 417. The third-order valence-electron chi connectivity index (χ3n) is 1.67. The molecule has 0 amide bonds. The average molecular weight is 256 g/mol. The summed E-state index contributed by atoms with van der Waals surface area (Å²) >= 11 is 4.48. The first-order valence-electron chi connectivity index (χ1n) is 4.12. The van der Waals surface area contributed by atoms with Gasteiger partial charge < -0.3 is 4.74 Å². The number of thiocarbonyl (C=S) groups is 1. The molecule has 0 atom stereocenters. The van der Waals surface area contributed by atoms with Crippen molar-refractivity contribution < 1.29 is 26.7 Å². The van der Waals surface area contributed by atoms with Gasteiger partial charge in [0, 0.05) is 6.42 Å². The van der Waals surface area contributed by atoms with Crippen LogP contribution in [0.3, 0.4) is 0 Å². The first-order chi connectivity index (χ1) is 7.40. The van der Waals surface area contributed by atoms with E-state index < -0.39 is 34.8 Å². The van der Waals surface area contributed by atoms with Crippen LogP contribution >= 0.6 is 12.2 Å². The predicted octanol–water partition coefficient (Wildman–Crippen LogP) is 3.50. The second kappa shape index (κ2) is 4.73. The molecule has 16 heavy (non-hydrogen) atoms. The second-order valence-corrected chi connectivity index (χ2v) is 3.18. The Morgan fingerprint density at radius 3 is 1.69 bits per heavy atom. The molecule has 0 aliphatic carbocycles. The molecule has 88 valence electrons. The Balaban J connectivity index is 3.34. The van der Waals surface area contributed by atoms with Crippen molar-refractivity contribution >= 4 is 17.3 Å². The van der Waals surface area contributed by atoms with E-state index in [1.54, 1.807) is 0 Å². The van der Waals surface area contributed by atoms with E-state index in [0.717, 1.165) is 0 Å². The summed E-state index contributed by atoms with van der Waals surface area (Å²) < 4.78 is 68.3. The van der Waals surface area contributed by atoms with Crippen LogP contribution in [0.2, 0.25) is 0 Å². The van der Waals surface area contributed by atoms with Gasteiger partial charge in [0.25, 0.3) is 0 Å². The minimum absolute atomic E-state index is 0.106. The molecule has 0 aliphatic heterocycles. The van der Waals surface area contributed by atoms with E-state index in [2.05, 4.69) is 17.0 Å². The van der Waals surface area contributed by atoms with Crippen molar-refractivity contribution in [2.75, 3.05) is 0 Å². The lowest BCUT2D eigenvalue weighted by Gasteiger charge is -2.09. The maximum absolute atomic E-state index is 13.0. The summed E-state index contributed by atoms with van der Waals surface area (Å²) in [6, 6.07) is 0. The first-order valence-corrected chi connectivity index (χ1v) is 4.53. The van der Waals surface area contributed by atoms with Gasteiger partial charge in [-0.1, -0.05) is 6.92 Å². The van der Waals surface area contributed by atoms with E-state index in [1.165, 1.54) is 6.92 Å². The van der Waals surface area contributed by atoms with Crippen LogP contribution in [0, 0.1) is 29.1 Å². The van der Waals surface area contributed by atoms with Gasteiger partial charge in [0.15, 0.2) is 5.05 Å². The number of halogens is 5.